The summed E-state index contributed by atoms with van der Waals surface area (Å²) in [5.74, 6) is 0.631. The number of nitrogens with one attached hydrogen (secondary N) is 1. The number of methoxy groups -OCH3 is 1. The lowest BCUT2D eigenvalue weighted by molar-refractivity contribution is 0.00297. The van der Waals surface area contributed by atoms with E-state index in [0.717, 1.165) is 12.8 Å². The number of ether oxygens (including phenoxy) is 2. The van der Waals surface area contributed by atoms with Crippen LogP contribution < -0.4 is 10.1 Å². The van der Waals surface area contributed by atoms with Crippen LogP contribution in [-0.4, -0.2) is 25.7 Å². The number of thiophene rings is 1. The zero-order chi connectivity index (χ0) is 15.4. The Morgan fingerprint density at radius 3 is 3.05 bits per heavy atom. The topological polar surface area (TPSA) is 47.6 Å². The molecule has 0 unspecified atom stereocenters. The first-order valence-corrected chi connectivity index (χ1v) is 8.24. The Hall–Kier alpha value is -1.85. The Morgan fingerprint density at radius 2 is 2.27 bits per heavy atom. The summed E-state index contributed by atoms with van der Waals surface area (Å²) in [6, 6.07) is 11.5. The Bertz CT molecular complexity index is 627. The van der Waals surface area contributed by atoms with Crippen molar-refractivity contribution in [3.8, 4) is 5.75 Å². The predicted octanol–water partition coefficient (Wildman–Crippen LogP) is 3.41. The number of benzene rings is 1. The van der Waals surface area contributed by atoms with Gasteiger partial charge < -0.3 is 14.8 Å². The van der Waals surface area contributed by atoms with Crippen LogP contribution in [0.2, 0.25) is 0 Å². The molecule has 0 saturated carbocycles. The molecule has 2 aromatic rings. The molecule has 1 saturated heterocycles. The average Bonchev–Trinajstić information content (AvgIpc) is 3.10. The summed E-state index contributed by atoms with van der Waals surface area (Å²) in [6.07, 6.45) is 1.75. The van der Waals surface area contributed by atoms with Crippen molar-refractivity contribution in [2.75, 3.05) is 13.7 Å². The van der Waals surface area contributed by atoms with Crippen LogP contribution in [0.25, 0.3) is 0 Å². The van der Waals surface area contributed by atoms with Crippen LogP contribution in [0.1, 0.15) is 34.2 Å². The van der Waals surface area contributed by atoms with Crippen LogP contribution in [0.4, 0.5) is 0 Å². The molecule has 1 aromatic carbocycles. The van der Waals surface area contributed by atoms with Gasteiger partial charge in [-0.15, -0.1) is 11.3 Å². The lowest BCUT2D eigenvalue weighted by Gasteiger charge is -2.29. The third-order valence-electron chi connectivity index (χ3n) is 3.81. The molecule has 116 valence electrons. The van der Waals surface area contributed by atoms with Crippen LogP contribution >= 0.6 is 11.3 Å². The van der Waals surface area contributed by atoms with Gasteiger partial charge in [0, 0.05) is 23.1 Å². The van der Waals surface area contributed by atoms with Gasteiger partial charge in [-0.25, -0.2) is 0 Å². The molecule has 4 nitrogen and oxygen atoms in total. The third-order valence-corrected chi connectivity index (χ3v) is 4.78. The minimum atomic E-state index is -0.0595. The maximum Gasteiger partial charge on any atom is 0.251 e. The standard InChI is InChI=1S/C17H19NO3S/c1-20-14-5-2-4-12(10-14)17(19)18-13-7-8-21-15(11-13)16-6-3-9-22-16/h2-6,9-10,13,15H,7-8,11H2,1H3,(H,18,19)/t13-,15+/m0/s1. The summed E-state index contributed by atoms with van der Waals surface area (Å²) < 4.78 is 11.0. The Balaban J connectivity index is 1.63. The van der Waals surface area contributed by atoms with Gasteiger partial charge >= 0.3 is 0 Å². The van der Waals surface area contributed by atoms with Crippen molar-refractivity contribution < 1.29 is 14.3 Å². The van der Waals surface area contributed by atoms with Gasteiger partial charge in [0.05, 0.1) is 13.2 Å². The van der Waals surface area contributed by atoms with E-state index >= 15 is 0 Å². The highest BCUT2D eigenvalue weighted by Crippen LogP contribution is 2.31. The number of carbonyl (C=O) groups excluding carboxylic acids is 1. The van der Waals surface area contributed by atoms with Crippen LogP contribution in [-0.2, 0) is 4.74 Å². The largest absolute Gasteiger partial charge is 0.497 e. The van der Waals surface area contributed by atoms with Crippen LogP contribution in [0.5, 0.6) is 5.75 Å². The van der Waals surface area contributed by atoms with E-state index in [4.69, 9.17) is 9.47 Å². The van der Waals surface area contributed by atoms with E-state index in [1.165, 1.54) is 4.88 Å². The normalized spacial score (nSPS) is 21.3. The second-order valence-corrected chi connectivity index (χ2v) is 6.28. The highest BCUT2D eigenvalue weighted by atomic mass is 32.1. The number of rotatable bonds is 4. The molecule has 0 bridgehead atoms. The number of hydrogen-bond donors (Lipinski definition) is 1. The highest BCUT2D eigenvalue weighted by molar-refractivity contribution is 7.10. The van der Waals surface area contributed by atoms with Gasteiger partial charge in [-0.3, -0.25) is 4.79 Å². The molecule has 2 heterocycles. The van der Waals surface area contributed by atoms with Gasteiger partial charge in [0.2, 0.25) is 0 Å². The monoisotopic (exact) mass is 317 g/mol. The molecule has 0 radical (unpaired) electrons. The second kappa shape index (κ2) is 6.94. The Labute approximate surface area is 134 Å². The molecule has 1 amide bonds. The predicted molar refractivity (Wildman–Crippen MR) is 86.5 cm³/mol. The van der Waals surface area contributed by atoms with Gasteiger partial charge in [-0.05, 0) is 42.5 Å². The number of amides is 1. The molecular weight excluding hydrogens is 298 g/mol. The van der Waals surface area contributed by atoms with Gasteiger partial charge in [-0.2, -0.15) is 0 Å². The first-order valence-electron chi connectivity index (χ1n) is 7.36. The van der Waals surface area contributed by atoms with Crippen LogP contribution in [0, 0.1) is 0 Å². The van der Waals surface area contributed by atoms with E-state index in [2.05, 4.69) is 16.8 Å². The highest BCUT2D eigenvalue weighted by Gasteiger charge is 2.26. The molecule has 3 rings (SSSR count). The SMILES string of the molecule is COc1cccc(C(=O)N[C@H]2CCO[C@@H](c3cccs3)C2)c1. The summed E-state index contributed by atoms with van der Waals surface area (Å²) in [4.78, 5) is 13.6. The van der Waals surface area contributed by atoms with Crippen molar-refractivity contribution in [3.05, 3.63) is 52.2 Å². The lowest BCUT2D eigenvalue weighted by atomic mass is 10.0. The Kier molecular flexibility index (Phi) is 4.75. The van der Waals surface area contributed by atoms with Gasteiger partial charge in [-0.1, -0.05) is 12.1 Å². The Morgan fingerprint density at radius 1 is 1.36 bits per heavy atom. The molecule has 5 heteroatoms. The van der Waals surface area contributed by atoms with E-state index in [1.54, 1.807) is 30.6 Å². The average molecular weight is 317 g/mol. The molecule has 1 aliphatic rings. The zero-order valence-corrected chi connectivity index (χ0v) is 13.3. The van der Waals surface area contributed by atoms with Crippen molar-refractivity contribution in [3.63, 3.8) is 0 Å². The van der Waals surface area contributed by atoms with E-state index in [0.29, 0.717) is 17.9 Å². The summed E-state index contributed by atoms with van der Waals surface area (Å²) in [7, 11) is 1.60. The van der Waals surface area contributed by atoms with Gasteiger partial charge in [0.25, 0.3) is 5.91 Å². The van der Waals surface area contributed by atoms with Crippen LogP contribution in [0.3, 0.4) is 0 Å². The minimum absolute atomic E-state index is 0.0595. The fourth-order valence-corrected chi connectivity index (χ4v) is 3.42. The van der Waals surface area contributed by atoms with E-state index in [9.17, 15) is 4.79 Å². The van der Waals surface area contributed by atoms with Crippen molar-refractivity contribution in [2.45, 2.75) is 25.0 Å². The third kappa shape index (κ3) is 3.48. The first-order chi connectivity index (χ1) is 10.8. The molecule has 1 aliphatic heterocycles. The summed E-state index contributed by atoms with van der Waals surface area (Å²) >= 11 is 1.70. The maximum atomic E-state index is 12.4. The second-order valence-electron chi connectivity index (χ2n) is 5.30. The quantitative estimate of drug-likeness (QED) is 0.940. The van der Waals surface area contributed by atoms with E-state index in [-0.39, 0.29) is 18.1 Å². The van der Waals surface area contributed by atoms with Crippen molar-refractivity contribution in [1.82, 2.24) is 5.32 Å². The molecular formula is C17H19NO3S. The molecule has 2 atom stereocenters. The van der Waals surface area contributed by atoms with Crippen molar-refractivity contribution in [1.29, 1.82) is 0 Å². The molecule has 0 spiro atoms. The zero-order valence-electron chi connectivity index (χ0n) is 12.5. The van der Waals surface area contributed by atoms with Crippen molar-refractivity contribution >= 4 is 17.2 Å². The molecule has 0 aliphatic carbocycles. The fourth-order valence-electron chi connectivity index (χ4n) is 2.63. The van der Waals surface area contributed by atoms with Crippen molar-refractivity contribution in [2.24, 2.45) is 0 Å². The van der Waals surface area contributed by atoms with Crippen LogP contribution in [0.15, 0.2) is 41.8 Å². The molecule has 22 heavy (non-hydrogen) atoms. The molecule has 1 N–H and O–H groups in total. The molecule has 1 fully saturated rings. The van der Waals surface area contributed by atoms with Gasteiger partial charge in [0.15, 0.2) is 0 Å². The number of hydrogen-bond acceptors (Lipinski definition) is 4. The smallest absolute Gasteiger partial charge is 0.251 e. The molecule has 1 aromatic heterocycles. The summed E-state index contributed by atoms with van der Waals surface area (Å²) in [6.45, 7) is 0.672. The minimum Gasteiger partial charge on any atom is -0.497 e. The first kappa shape index (κ1) is 15.1. The lowest BCUT2D eigenvalue weighted by Crippen LogP contribution is -2.39. The van der Waals surface area contributed by atoms with E-state index in [1.807, 2.05) is 18.2 Å². The summed E-state index contributed by atoms with van der Waals surface area (Å²) in [5, 5.41) is 5.16. The van der Waals surface area contributed by atoms with Gasteiger partial charge in [0.1, 0.15) is 5.75 Å². The number of carbonyl (C=O) groups is 1. The summed E-state index contributed by atoms with van der Waals surface area (Å²) in [5.41, 5.74) is 0.624. The van der Waals surface area contributed by atoms with E-state index < -0.39 is 0 Å². The maximum absolute atomic E-state index is 12.4. The fraction of sp³-hybridized carbons (Fsp3) is 0.353.